The Morgan fingerprint density at radius 3 is 2.79 bits per heavy atom. The van der Waals surface area contributed by atoms with E-state index >= 15 is 0 Å². The predicted molar refractivity (Wildman–Crippen MR) is 80.8 cm³/mol. The van der Waals surface area contributed by atoms with Gasteiger partial charge in [-0.05, 0) is 37.1 Å². The van der Waals surface area contributed by atoms with Gasteiger partial charge in [-0.15, -0.1) is 0 Å². The zero-order valence-corrected chi connectivity index (χ0v) is 12.3. The van der Waals surface area contributed by atoms with E-state index in [0.717, 1.165) is 24.6 Å². The molecule has 1 N–H and O–H groups in total. The second kappa shape index (κ2) is 5.29. The molecule has 1 aliphatic rings. The first-order valence-corrected chi connectivity index (χ1v) is 7.88. The van der Waals surface area contributed by atoms with Crippen LogP contribution in [0, 0.1) is 6.92 Å². The average molecular weight is 273 g/mol. The molecule has 1 fully saturated rings. The molecular weight excluding hydrogens is 254 g/mol. The molecule has 0 spiro atoms. The molecule has 3 nitrogen and oxygen atoms in total. The quantitative estimate of drug-likeness (QED) is 0.886. The zero-order valence-electron chi connectivity index (χ0n) is 11.4. The first-order valence-electron chi connectivity index (χ1n) is 6.94. The molecule has 0 atom stereocenters. The summed E-state index contributed by atoms with van der Waals surface area (Å²) in [4.78, 5) is 9.43. The van der Waals surface area contributed by atoms with Crippen molar-refractivity contribution in [2.45, 2.75) is 39.0 Å². The second-order valence-corrected chi connectivity index (χ2v) is 5.91. The van der Waals surface area contributed by atoms with Crippen LogP contribution in [0.1, 0.15) is 43.4 Å². The molecule has 1 saturated carbocycles. The summed E-state index contributed by atoms with van der Waals surface area (Å²) in [5.41, 5.74) is 3.64. The Morgan fingerprint density at radius 2 is 2.16 bits per heavy atom. The summed E-state index contributed by atoms with van der Waals surface area (Å²) in [6.07, 6.45) is 3.65. The van der Waals surface area contributed by atoms with Gasteiger partial charge in [0.2, 0.25) is 0 Å². The fraction of sp³-hybridized carbons (Fsp3) is 0.467. The van der Waals surface area contributed by atoms with Crippen molar-refractivity contribution in [3.8, 4) is 11.4 Å². The Morgan fingerprint density at radius 1 is 1.32 bits per heavy atom. The topological polar surface area (TPSA) is 37.8 Å². The van der Waals surface area contributed by atoms with Crippen LogP contribution in [0.4, 0.5) is 5.82 Å². The highest BCUT2D eigenvalue weighted by Crippen LogP contribution is 2.40. The molecule has 0 unspecified atom stereocenters. The van der Waals surface area contributed by atoms with Crippen molar-refractivity contribution in [1.82, 2.24) is 9.97 Å². The van der Waals surface area contributed by atoms with Gasteiger partial charge in [0.15, 0.2) is 5.82 Å². The highest BCUT2D eigenvalue weighted by atomic mass is 32.1. The summed E-state index contributed by atoms with van der Waals surface area (Å²) >= 11 is 1.71. The van der Waals surface area contributed by atoms with E-state index < -0.39 is 0 Å². The van der Waals surface area contributed by atoms with Gasteiger partial charge in [-0.2, -0.15) is 11.3 Å². The number of nitrogens with one attached hydrogen (secondary N) is 1. The van der Waals surface area contributed by atoms with Crippen LogP contribution in [0.25, 0.3) is 11.4 Å². The third-order valence-corrected chi connectivity index (χ3v) is 4.26. The van der Waals surface area contributed by atoms with Crippen LogP contribution in [0.5, 0.6) is 0 Å². The summed E-state index contributed by atoms with van der Waals surface area (Å²) in [5.74, 6) is 2.50. The lowest BCUT2D eigenvalue weighted by Crippen LogP contribution is -2.05. The maximum atomic E-state index is 4.76. The summed E-state index contributed by atoms with van der Waals surface area (Å²) in [5, 5.41) is 7.69. The van der Waals surface area contributed by atoms with Crippen molar-refractivity contribution in [1.29, 1.82) is 0 Å². The Kier molecular flexibility index (Phi) is 3.51. The Bertz CT molecular complexity index is 573. The van der Waals surface area contributed by atoms with E-state index in [2.05, 4.69) is 41.0 Å². The molecule has 0 aromatic carbocycles. The van der Waals surface area contributed by atoms with E-state index in [-0.39, 0.29) is 0 Å². The minimum absolute atomic E-state index is 0.655. The summed E-state index contributed by atoms with van der Waals surface area (Å²) in [6, 6.07) is 2.12. The molecule has 0 saturated heterocycles. The smallest absolute Gasteiger partial charge is 0.162 e. The highest BCUT2D eigenvalue weighted by molar-refractivity contribution is 7.08. The first kappa shape index (κ1) is 12.6. The van der Waals surface area contributed by atoms with E-state index in [1.165, 1.54) is 29.7 Å². The van der Waals surface area contributed by atoms with Gasteiger partial charge >= 0.3 is 0 Å². The largest absolute Gasteiger partial charge is 0.370 e. The normalized spacial score (nSPS) is 14.6. The zero-order chi connectivity index (χ0) is 13.2. The van der Waals surface area contributed by atoms with Crippen LogP contribution >= 0.6 is 11.3 Å². The van der Waals surface area contributed by atoms with Crippen molar-refractivity contribution in [3.05, 3.63) is 28.1 Å². The third kappa shape index (κ3) is 2.78. The molecule has 0 radical (unpaired) electrons. The van der Waals surface area contributed by atoms with Crippen LogP contribution in [0.2, 0.25) is 0 Å². The molecule has 2 aromatic heterocycles. The van der Waals surface area contributed by atoms with Crippen LogP contribution in [-0.4, -0.2) is 16.5 Å². The maximum Gasteiger partial charge on any atom is 0.162 e. The summed E-state index contributed by atoms with van der Waals surface area (Å²) in [6.45, 7) is 5.25. The second-order valence-electron chi connectivity index (χ2n) is 5.17. The molecule has 100 valence electrons. The molecule has 19 heavy (non-hydrogen) atoms. The summed E-state index contributed by atoms with van der Waals surface area (Å²) < 4.78 is 0. The van der Waals surface area contributed by atoms with E-state index in [9.17, 15) is 0 Å². The number of rotatable bonds is 5. The lowest BCUT2D eigenvalue weighted by molar-refractivity contribution is 0.948. The highest BCUT2D eigenvalue weighted by Gasteiger charge is 2.26. The van der Waals surface area contributed by atoms with Gasteiger partial charge in [-0.3, -0.25) is 0 Å². The Hall–Kier alpha value is -1.42. The summed E-state index contributed by atoms with van der Waals surface area (Å²) in [7, 11) is 0. The number of aryl methyl sites for hydroxylation is 1. The van der Waals surface area contributed by atoms with Crippen molar-refractivity contribution in [2.24, 2.45) is 0 Å². The molecule has 1 aliphatic carbocycles. The van der Waals surface area contributed by atoms with E-state index in [1.54, 1.807) is 11.3 Å². The Labute approximate surface area is 118 Å². The van der Waals surface area contributed by atoms with E-state index in [4.69, 9.17) is 4.98 Å². The van der Waals surface area contributed by atoms with Gasteiger partial charge < -0.3 is 5.32 Å². The number of hydrogen-bond acceptors (Lipinski definition) is 4. The molecule has 2 heterocycles. The average Bonchev–Trinajstić information content (AvgIpc) is 3.18. The molecule has 0 aliphatic heterocycles. The number of nitrogens with zero attached hydrogens (tertiary/aromatic N) is 2. The minimum Gasteiger partial charge on any atom is -0.370 e. The number of aromatic nitrogens is 2. The lowest BCUT2D eigenvalue weighted by Gasteiger charge is -2.09. The Balaban J connectivity index is 1.98. The lowest BCUT2D eigenvalue weighted by atomic mass is 10.2. The molecule has 0 bridgehead atoms. The predicted octanol–water partition coefficient (Wildman–Crippen LogP) is 4.21. The molecule has 2 aromatic rings. The van der Waals surface area contributed by atoms with Crippen LogP contribution in [0.3, 0.4) is 0 Å². The maximum absolute atomic E-state index is 4.76. The van der Waals surface area contributed by atoms with Crippen LogP contribution in [0.15, 0.2) is 16.8 Å². The van der Waals surface area contributed by atoms with Gasteiger partial charge in [0.25, 0.3) is 0 Å². The van der Waals surface area contributed by atoms with Crippen molar-refractivity contribution >= 4 is 17.2 Å². The van der Waals surface area contributed by atoms with Gasteiger partial charge in [-0.1, -0.05) is 6.92 Å². The first-order chi connectivity index (χ1) is 9.28. The third-order valence-electron chi connectivity index (χ3n) is 3.39. The van der Waals surface area contributed by atoms with E-state index in [0.29, 0.717) is 5.92 Å². The minimum atomic E-state index is 0.655. The number of thiophene rings is 1. The standard InChI is InChI=1S/C15H19N3S/c1-3-6-16-14-7-13(11-4-5-11)17-15(18-14)12-9-19-8-10(12)2/h7-9,11H,3-6H2,1-2H3,(H,16,17,18). The monoisotopic (exact) mass is 273 g/mol. The van der Waals surface area contributed by atoms with Crippen molar-refractivity contribution < 1.29 is 0 Å². The number of anilines is 1. The fourth-order valence-electron chi connectivity index (χ4n) is 2.11. The van der Waals surface area contributed by atoms with Gasteiger partial charge in [-0.25, -0.2) is 9.97 Å². The molecule has 3 rings (SSSR count). The van der Waals surface area contributed by atoms with E-state index in [1.807, 2.05) is 0 Å². The molecule has 4 heteroatoms. The van der Waals surface area contributed by atoms with Gasteiger partial charge in [0.05, 0.1) is 0 Å². The van der Waals surface area contributed by atoms with Crippen molar-refractivity contribution in [3.63, 3.8) is 0 Å². The molecule has 0 amide bonds. The van der Waals surface area contributed by atoms with Crippen LogP contribution < -0.4 is 5.32 Å². The fourth-order valence-corrected chi connectivity index (χ4v) is 2.93. The number of hydrogen-bond donors (Lipinski definition) is 1. The van der Waals surface area contributed by atoms with Gasteiger partial charge in [0.1, 0.15) is 5.82 Å². The van der Waals surface area contributed by atoms with Crippen molar-refractivity contribution in [2.75, 3.05) is 11.9 Å². The van der Waals surface area contributed by atoms with Gasteiger partial charge in [0, 0.05) is 35.2 Å². The SMILES string of the molecule is CCCNc1cc(C2CC2)nc(-c2cscc2C)n1. The molecular formula is C15H19N3S. The van der Waals surface area contributed by atoms with Crippen LogP contribution in [-0.2, 0) is 0 Å².